The third kappa shape index (κ3) is 2.55. The second kappa shape index (κ2) is 5.42. The zero-order chi connectivity index (χ0) is 14.9. The summed E-state index contributed by atoms with van der Waals surface area (Å²) in [6, 6.07) is 7.86. The van der Waals surface area contributed by atoms with Crippen LogP contribution in [0.3, 0.4) is 0 Å². The van der Waals surface area contributed by atoms with Crippen LogP contribution >= 0.6 is 11.3 Å². The molecule has 3 aromatic rings. The Labute approximate surface area is 132 Å². The predicted octanol–water partition coefficient (Wildman–Crippen LogP) is 4.14. The lowest BCUT2D eigenvalue weighted by Gasteiger charge is -2.03. The number of hydrogen-bond donors (Lipinski definition) is 2. The summed E-state index contributed by atoms with van der Waals surface area (Å²) in [6.07, 6.45) is 7.94. The van der Waals surface area contributed by atoms with Gasteiger partial charge in [0.05, 0.1) is 10.2 Å². The predicted molar refractivity (Wildman–Crippen MR) is 91.1 cm³/mol. The molecule has 1 aliphatic carbocycles. The Morgan fingerprint density at radius 3 is 2.77 bits per heavy atom. The number of para-hydroxylation sites is 1. The summed E-state index contributed by atoms with van der Waals surface area (Å²) < 4.78 is 1.09. The van der Waals surface area contributed by atoms with Gasteiger partial charge in [0.1, 0.15) is 17.9 Å². The largest absolute Gasteiger partial charge is 0.507 e. The third-order valence-corrected chi connectivity index (χ3v) is 4.67. The molecule has 2 heterocycles. The zero-order valence-corrected chi connectivity index (χ0v) is 12.7. The second-order valence-corrected chi connectivity index (χ2v) is 6.28. The van der Waals surface area contributed by atoms with Gasteiger partial charge in [0.15, 0.2) is 0 Å². The van der Waals surface area contributed by atoms with Gasteiger partial charge >= 0.3 is 0 Å². The van der Waals surface area contributed by atoms with Crippen LogP contribution in [-0.4, -0.2) is 21.1 Å². The maximum Gasteiger partial charge on any atom is 0.147 e. The maximum atomic E-state index is 9.82. The molecule has 0 amide bonds. The normalized spacial score (nSPS) is 14.7. The van der Waals surface area contributed by atoms with Gasteiger partial charge in [-0.15, -0.1) is 11.3 Å². The van der Waals surface area contributed by atoms with Gasteiger partial charge in [-0.2, -0.15) is 0 Å². The quantitative estimate of drug-likeness (QED) is 0.760. The van der Waals surface area contributed by atoms with Crippen LogP contribution in [0.4, 0.5) is 5.82 Å². The van der Waals surface area contributed by atoms with Crippen molar-refractivity contribution in [3.8, 4) is 5.75 Å². The van der Waals surface area contributed by atoms with Crippen LogP contribution in [0.25, 0.3) is 22.4 Å². The first-order valence-corrected chi connectivity index (χ1v) is 8.14. The molecule has 2 aromatic heterocycles. The fraction of sp³-hybridized carbons (Fsp3) is 0.176. The van der Waals surface area contributed by atoms with Gasteiger partial charge in [0.25, 0.3) is 0 Å². The number of nitrogens with one attached hydrogen (secondary N) is 1. The van der Waals surface area contributed by atoms with E-state index in [-0.39, 0.29) is 5.75 Å². The van der Waals surface area contributed by atoms with Gasteiger partial charge in [0.2, 0.25) is 0 Å². The molecule has 0 atom stereocenters. The summed E-state index contributed by atoms with van der Waals surface area (Å²) in [5, 5.41) is 15.3. The van der Waals surface area contributed by atoms with E-state index in [0.717, 1.165) is 27.2 Å². The van der Waals surface area contributed by atoms with Gasteiger partial charge in [-0.1, -0.05) is 30.4 Å². The number of rotatable bonds is 4. The highest BCUT2D eigenvalue weighted by Crippen LogP contribution is 2.33. The van der Waals surface area contributed by atoms with Crippen molar-refractivity contribution in [2.24, 2.45) is 0 Å². The Morgan fingerprint density at radius 1 is 1.14 bits per heavy atom. The number of phenols is 1. The van der Waals surface area contributed by atoms with Gasteiger partial charge in [-0.3, -0.25) is 0 Å². The minimum atomic E-state index is 0.281. The average molecular weight is 309 g/mol. The first kappa shape index (κ1) is 13.3. The van der Waals surface area contributed by atoms with Gasteiger partial charge in [-0.25, -0.2) is 9.97 Å². The molecule has 2 N–H and O–H groups in total. The lowest BCUT2D eigenvalue weighted by Crippen LogP contribution is -2.03. The molecular formula is C17H15N3OS. The van der Waals surface area contributed by atoms with E-state index < -0.39 is 0 Å². The number of nitrogens with zero attached hydrogens (tertiary/aromatic N) is 2. The van der Waals surface area contributed by atoms with Crippen LogP contribution in [0.5, 0.6) is 5.75 Å². The number of anilines is 1. The van der Waals surface area contributed by atoms with E-state index in [1.54, 1.807) is 23.7 Å². The summed E-state index contributed by atoms with van der Waals surface area (Å²) in [7, 11) is 0. The fourth-order valence-corrected chi connectivity index (χ4v) is 3.26. The lowest BCUT2D eigenvalue weighted by atomic mass is 10.1. The molecule has 22 heavy (non-hydrogen) atoms. The lowest BCUT2D eigenvalue weighted by molar-refractivity contribution is 0.474. The molecule has 1 aromatic carbocycles. The minimum absolute atomic E-state index is 0.281. The Morgan fingerprint density at radius 2 is 1.95 bits per heavy atom. The first-order valence-electron chi connectivity index (χ1n) is 7.26. The highest BCUT2D eigenvalue weighted by molar-refractivity contribution is 7.18. The summed E-state index contributed by atoms with van der Waals surface area (Å²) in [6.45, 7) is 0. The van der Waals surface area contributed by atoms with Gasteiger partial charge in [0, 0.05) is 22.5 Å². The Kier molecular flexibility index (Phi) is 3.27. The molecular weight excluding hydrogens is 294 g/mol. The molecule has 1 saturated carbocycles. The maximum absolute atomic E-state index is 9.82. The smallest absolute Gasteiger partial charge is 0.147 e. The van der Waals surface area contributed by atoms with Crippen molar-refractivity contribution in [1.29, 1.82) is 0 Å². The first-order chi connectivity index (χ1) is 10.8. The van der Waals surface area contributed by atoms with E-state index in [9.17, 15) is 5.11 Å². The van der Waals surface area contributed by atoms with Crippen molar-refractivity contribution in [1.82, 2.24) is 9.97 Å². The summed E-state index contributed by atoms with van der Waals surface area (Å²) in [5.41, 5.74) is 2.80. The summed E-state index contributed by atoms with van der Waals surface area (Å²) in [5.74, 6) is 1.21. The number of hydrogen-bond acceptors (Lipinski definition) is 5. The molecule has 1 aliphatic rings. The van der Waals surface area contributed by atoms with Crippen molar-refractivity contribution in [3.63, 3.8) is 0 Å². The Bertz CT molecular complexity index is 852. The molecule has 1 fully saturated rings. The Hall–Kier alpha value is -2.40. The van der Waals surface area contributed by atoms with Crippen LogP contribution in [0.1, 0.15) is 24.0 Å². The van der Waals surface area contributed by atoms with Gasteiger partial charge < -0.3 is 10.4 Å². The monoisotopic (exact) mass is 309 g/mol. The summed E-state index contributed by atoms with van der Waals surface area (Å²) in [4.78, 5) is 8.77. The van der Waals surface area contributed by atoms with E-state index in [0.29, 0.717) is 6.04 Å². The molecule has 110 valence electrons. The van der Waals surface area contributed by atoms with Crippen molar-refractivity contribution in [3.05, 3.63) is 47.1 Å². The number of benzene rings is 1. The number of thiophene rings is 1. The molecule has 0 bridgehead atoms. The van der Waals surface area contributed by atoms with Crippen molar-refractivity contribution in [2.75, 3.05) is 5.32 Å². The van der Waals surface area contributed by atoms with E-state index in [4.69, 9.17) is 0 Å². The molecule has 4 nitrogen and oxygen atoms in total. The molecule has 0 radical (unpaired) electrons. The fourth-order valence-electron chi connectivity index (χ4n) is 2.32. The zero-order valence-electron chi connectivity index (χ0n) is 11.9. The molecule has 0 saturated heterocycles. The van der Waals surface area contributed by atoms with Crippen LogP contribution < -0.4 is 5.32 Å². The molecule has 0 unspecified atom stereocenters. The molecule has 0 aliphatic heterocycles. The van der Waals surface area contributed by atoms with Crippen LogP contribution in [0.15, 0.2) is 36.0 Å². The van der Waals surface area contributed by atoms with E-state index in [1.165, 1.54) is 12.8 Å². The average Bonchev–Trinajstić information content (AvgIpc) is 3.25. The third-order valence-electron chi connectivity index (χ3n) is 3.68. The van der Waals surface area contributed by atoms with Crippen molar-refractivity contribution in [2.45, 2.75) is 18.9 Å². The van der Waals surface area contributed by atoms with Crippen LogP contribution in [0, 0.1) is 0 Å². The van der Waals surface area contributed by atoms with E-state index >= 15 is 0 Å². The van der Waals surface area contributed by atoms with Gasteiger partial charge in [-0.05, 0) is 18.9 Å². The SMILES string of the molecule is Oc1ccccc1/C=C/c1csc2c(NC3CC3)ncnc12. The van der Waals surface area contributed by atoms with Crippen LogP contribution in [0.2, 0.25) is 0 Å². The van der Waals surface area contributed by atoms with E-state index in [1.807, 2.05) is 30.4 Å². The number of aromatic nitrogens is 2. The van der Waals surface area contributed by atoms with Crippen molar-refractivity contribution >= 4 is 39.5 Å². The number of phenolic OH excluding ortho intramolecular Hbond substituents is 1. The number of fused-ring (bicyclic) bond motifs is 1. The highest BCUT2D eigenvalue weighted by atomic mass is 32.1. The topological polar surface area (TPSA) is 58.0 Å². The van der Waals surface area contributed by atoms with E-state index in [2.05, 4.69) is 20.7 Å². The minimum Gasteiger partial charge on any atom is -0.507 e. The van der Waals surface area contributed by atoms with Crippen molar-refractivity contribution < 1.29 is 5.11 Å². The summed E-state index contributed by atoms with van der Waals surface area (Å²) >= 11 is 1.65. The molecule has 5 heteroatoms. The number of aromatic hydroxyl groups is 1. The molecule has 0 spiro atoms. The standard InChI is InChI=1S/C17H15N3OS/c21-14-4-2-1-3-11(14)5-6-12-9-22-16-15(12)18-10-19-17(16)20-13-7-8-13/h1-6,9-10,13,21H,7-8H2,(H,18,19,20)/b6-5+. The second-order valence-electron chi connectivity index (χ2n) is 5.40. The molecule has 4 rings (SSSR count). The Balaban J connectivity index is 1.69. The highest BCUT2D eigenvalue weighted by Gasteiger charge is 2.22. The van der Waals surface area contributed by atoms with Crippen LogP contribution in [-0.2, 0) is 0 Å².